The summed E-state index contributed by atoms with van der Waals surface area (Å²) in [6.45, 7) is 1.35. The molecule has 4 N–H and O–H groups in total. The van der Waals surface area contributed by atoms with Crippen LogP contribution in [-0.2, 0) is 13.1 Å². The first-order valence-electron chi connectivity index (χ1n) is 8.75. The summed E-state index contributed by atoms with van der Waals surface area (Å²) < 4.78 is 1.13. The summed E-state index contributed by atoms with van der Waals surface area (Å²) in [5, 5.41) is 20.9. The summed E-state index contributed by atoms with van der Waals surface area (Å²) in [6, 6.07) is 13.8. The molecule has 3 aromatic rings. The van der Waals surface area contributed by atoms with Crippen LogP contribution in [0.15, 0.2) is 52.1 Å². The number of nitrogens with one attached hydrogen (secondary N) is 3. The maximum Gasteiger partial charge on any atom is 0.328 e. The minimum atomic E-state index is -0.564. The molecule has 142 valence electrons. The van der Waals surface area contributed by atoms with E-state index >= 15 is 0 Å². The van der Waals surface area contributed by atoms with E-state index in [1.165, 1.54) is 6.07 Å². The number of benzene rings is 2. The van der Waals surface area contributed by atoms with Gasteiger partial charge in [-0.15, -0.1) is 0 Å². The number of phenols is 1. The molecule has 1 saturated heterocycles. The lowest BCUT2D eigenvalue weighted by atomic mass is 10.1. The number of fused-ring (bicyclic) bond motifs is 1. The lowest BCUT2D eigenvalue weighted by molar-refractivity contribution is 0.224. The maximum atomic E-state index is 12.7. The van der Waals surface area contributed by atoms with Crippen molar-refractivity contribution in [3.05, 3.63) is 74.4 Å². The van der Waals surface area contributed by atoms with Gasteiger partial charge in [0.2, 0.25) is 0 Å². The smallest absolute Gasteiger partial charge is 0.328 e. The van der Waals surface area contributed by atoms with Crippen molar-refractivity contribution >= 4 is 10.9 Å². The third kappa shape index (κ3) is 3.39. The van der Waals surface area contributed by atoms with E-state index in [9.17, 15) is 14.7 Å². The third-order valence-electron chi connectivity index (χ3n) is 4.72. The Hall–Kier alpha value is -3.45. The highest BCUT2D eigenvalue weighted by molar-refractivity contribution is 5.82. The molecule has 1 aromatic heterocycles. The van der Waals surface area contributed by atoms with Crippen molar-refractivity contribution in [1.29, 1.82) is 5.26 Å². The van der Waals surface area contributed by atoms with Crippen LogP contribution in [0.3, 0.4) is 0 Å². The van der Waals surface area contributed by atoms with Crippen molar-refractivity contribution in [2.45, 2.75) is 19.1 Å². The fourth-order valence-corrected chi connectivity index (χ4v) is 3.30. The van der Waals surface area contributed by atoms with Crippen molar-refractivity contribution in [3.63, 3.8) is 0 Å². The number of aromatic amines is 1. The monoisotopic (exact) mass is 378 g/mol. The number of hydrogen-bond donors (Lipinski definition) is 4. The highest BCUT2D eigenvalue weighted by atomic mass is 16.3. The number of rotatable bonds is 4. The molecule has 2 heterocycles. The largest absolute Gasteiger partial charge is 0.506 e. The molecule has 2 aromatic carbocycles. The predicted molar refractivity (Wildman–Crippen MR) is 102 cm³/mol. The van der Waals surface area contributed by atoms with Crippen molar-refractivity contribution in [3.8, 4) is 11.8 Å². The Morgan fingerprint density at radius 2 is 1.96 bits per heavy atom. The Bertz CT molecular complexity index is 1180. The number of para-hydroxylation sites is 1. The number of phenolic OH excluding ortho intramolecular Hbond substituents is 1. The third-order valence-corrected chi connectivity index (χ3v) is 4.72. The fourth-order valence-electron chi connectivity index (χ4n) is 3.30. The van der Waals surface area contributed by atoms with Gasteiger partial charge in [0, 0.05) is 19.6 Å². The molecular formula is C19H18N6O3. The molecule has 0 radical (unpaired) electrons. The molecule has 1 atom stereocenters. The first-order valence-corrected chi connectivity index (χ1v) is 8.75. The van der Waals surface area contributed by atoms with Gasteiger partial charge in [-0.25, -0.2) is 15.2 Å². The van der Waals surface area contributed by atoms with Crippen LogP contribution in [0.1, 0.15) is 11.1 Å². The second-order valence-corrected chi connectivity index (χ2v) is 6.69. The van der Waals surface area contributed by atoms with Gasteiger partial charge in [0.05, 0.1) is 28.6 Å². The molecule has 9 heteroatoms. The molecular weight excluding hydrogens is 360 g/mol. The Labute approximate surface area is 159 Å². The Balaban J connectivity index is 1.49. The van der Waals surface area contributed by atoms with E-state index in [0.29, 0.717) is 18.7 Å². The Morgan fingerprint density at radius 1 is 1.18 bits per heavy atom. The zero-order valence-electron chi connectivity index (χ0n) is 14.8. The van der Waals surface area contributed by atoms with Gasteiger partial charge in [-0.05, 0) is 29.8 Å². The summed E-state index contributed by atoms with van der Waals surface area (Å²) in [4.78, 5) is 27.6. The van der Waals surface area contributed by atoms with Crippen LogP contribution in [0.2, 0.25) is 0 Å². The van der Waals surface area contributed by atoms with E-state index < -0.39 is 11.2 Å². The van der Waals surface area contributed by atoms with Crippen molar-refractivity contribution < 1.29 is 5.11 Å². The van der Waals surface area contributed by atoms with Crippen LogP contribution in [0.5, 0.6) is 5.75 Å². The molecule has 0 aliphatic carbocycles. The summed E-state index contributed by atoms with van der Waals surface area (Å²) in [5.41, 5.74) is 6.89. The van der Waals surface area contributed by atoms with Crippen LogP contribution < -0.4 is 22.2 Å². The zero-order valence-corrected chi connectivity index (χ0v) is 14.8. The van der Waals surface area contributed by atoms with E-state index in [1.54, 1.807) is 24.3 Å². The first kappa shape index (κ1) is 17.9. The number of aromatic nitrogens is 2. The highest BCUT2D eigenvalue weighted by Crippen LogP contribution is 2.17. The van der Waals surface area contributed by atoms with Crippen molar-refractivity contribution in [1.82, 2.24) is 25.5 Å². The van der Waals surface area contributed by atoms with E-state index in [0.717, 1.165) is 10.1 Å². The summed E-state index contributed by atoms with van der Waals surface area (Å²) >= 11 is 0. The van der Waals surface area contributed by atoms with Gasteiger partial charge in [0.1, 0.15) is 5.75 Å². The topological polar surface area (TPSA) is 126 Å². The van der Waals surface area contributed by atoms with Crippen molar-refractivity contribution in [2.75, 3.05) is 6.54 Å². The Morgan fingerprint density at radius 3 is 2.71 bits per heavy atom. The number of nitriles is 1. The maximum absolute atomic E-state index is 12.7. The molecule has 0 spiro atoms. The predicted octanol–water partition coefficient (Wildman–Crippen LogP) is 0.161. The lowest BCUT2D eigenvalue weighted by Crippen LogP contribution is -2.43. The van der Waals surface area contributed by atoms with Crippen LogP contribution in [-0.4, -0.2) is 32.3 Å². The summed E-state index contributed by atoms with van der Waals surface area (Å²) in [6.07, 6.45) is 0. The van der Waals surface area contributed by atoms with E-state index in [4.69, 9.17) is 5.26 Å². The molecule has 4 rings (SSSR count). The minimum absolute atomic E-state index is 0.131. The standard InChI is InChI=1S/C19H18N6O3/c20-8-12-4-6-13(7-5-12)9-24-10-14(22-23-24)11-25-18(27)15-2-1-3-16(26)17(15)21-19(25)28/h1-7,14,22-23,26H,9-11H2,(H,21,28). The highest BCUT2D eigenvalue weighted by Gasteiger charge is 2.23. The molecule has 9 nitrogen and oxygen atoms in total. The average Bonchev–Trinajstić information content (AvgIpc) is 3.14. The second-order valence-electron chi connectivity index (χ2n) is 6.69. The normalized spacial score (nSPS) is 17.0. The quantitative estimate of drug-likeness (QED) is 0.509. The number of hydrazine groups is 2. The average molecular weight is 378 g/mol. The SMILES string of the molecule is N#Cc1ccc(CN2CC(Cn3c(=O)[nH]c4c(O)cccc4c3=O)NN2)cc1. The van der Waals surface area contributed by atoms with Gasteiger partial charge >= 0.3 is 5.69 Å². The van der Waals surface area contributed by atoms with Gasteiger partial charge in [0.15, 0.2) is 0 Å². The van der Waals surface area contributed by atoms with E-state index in [2.05, 4.69) is 22.0 Å². The van der Waals surface area contributed by atoms with Crippen LogP contribution in [0.25, 0.3) is 10.9 Å². The Kier molecular flexibility index (Phi) is 4.67. The first-order chi connectivity index (χ1) is 13.5. The van der Waals surface area contributed by atoms with Crippen LogP contribution >= 0.6 is 0 Å². The van der Waals surface area contributed by atoms with E-state index in [-0.39, 0.29) is 29.2 Å². The minimum Gasteiger partial charge on any atom is -0.506 e. The molecule has 1 aliphatic heterocycles. The second kappa shape index (κ2) is 7.28. The van der Waals surface area contributed by atoms with Gasteiger partial charge < -0.3 is 10.1 Å². The van der Waals surface area contributed by atoms with Gasteiger partial charge in [-0.3, -0.25) is 9.36 Å². The molecule has 0 saturated carbocycles. The number of nitrogens with zero attached hydrogens (tertiary/aromatic N) is 3. The fraction of sp³-hybridized carbons (Fsp3) is 0.211. The summed E-state index contributed by atoms with van der Waals surface area (Å²) in [7, 11) is 0. The van der Waals surface area contributed by atoms with Gasteiger partial charge in [0.25, 0.3) is 5.56 Å². The summed E-state index contributed by atoms with van der Waals surface area (Å²) in [5.74, 6) is -0.131. The van der Waals surface area contributed by atoms with Crippen LogP contribution in [0.4, 0.5) is 0 Å². The zero-order chi connectivity index (χ0) is 19.7. The molecule has 0 bridgehead atoms. The molecule has 1 unspecified atom stereocenters. The molecule has 28 heavy (non-hydrogen) atoms. The van der Waals surface area contributed by atoms with E-state index in [1.807, 2.05) is 17.1 Å². The number of hydrogen-bond acceptors (Lipinski definition) is 7. The molecule has 0 amide bonds. The number of aromatic hydroxyl groups is 1. The molecule has 1 fully saturated rings. The van der Waals surface area contributed by atoms with Gasteiger partial charge in [-0.2, -0.15) is 10.8 Å². The van der Waals surface area contributed by atoms with Crippen molar-refractivity contribution in [2.24, 2.45) is 0 Å². The molecule has 1 aliphatic rings. The lowest BCUT2D eigenvalue weighted by Gasteiger charge is -2.14. The van der Waals surface area contributed by atoms with Crippen LogP contribution in [0, 0.1) is 11.3 Å². The number of H-pyrrole nitrogens is 1. The van der Waals surface area contributed by atoms with Gasteiger partial charge in [-0.1, -0.05) is 18.2 Å².